The minimum Gasteiger partial charge on any atom is -0.503 e. The summed E-state index contributed by atoms with van der Waals surface area (Å²) in [6.45, 7) is 8.90. The Balaban J connectivity index is 4.28. The molecule has 0 aromatic carbocycles. The topological polar surface area (TPSA) is 27.7 Å². The predicted octanol–water partition coefficient (Wildman–Crippen LogP) is 1.49. The van der Waals surface area contributed by atoms with Gasteiger partial charge in [-0.1, -0.05) is 13.2 Å². The van der Waals surface area contributed by atoms with Crippen molar-refractivity contribution >= 4 is 8.80 Å². The molecule has 11 heavy (non-hydrogen) atoms. The second kappa shape index (κ2) is 4.33. The number of hydrogen-bond donors (Lipinski definition) is 0. The van der Waals surface area contributed by atoms with Crippen LogP contribution in [0.5, 0.6) is 0 Å². The SMILES string of the molecule is C=C[Si](OC)(OC)OC(=C)C. The Morgan fingerprint density at radius 2 is 1.82 bits per heavy atom. The van der Waals surface area contributed by atoms with Crippen molar-refractivity contribution in [2.75, 3.05) is 14.2 Å². The fraction of sp³-hybridized carbons (Fsp3) is 0.429. The lowest BCUT2D eigenvalue weighted by atomic mass is 10.7. The summed E-state index contributed by atoms with van der Waals surface area (Å²) < 4.78 is 15.4. The molecule has 0 aliphatic heterocycles. The van der Waals surface area contributed by atoms with Gasteiger partial charge >= 0.3 is 8.80 Å². The lowest BCUT2D eigenvalue weighted by molar-refractivity contribution is 0.145. The van der Waals surface area contributed by atoms with Crippen LogP contribution in [0, 0.1) is 0 Å². The van der Waals surface area contributed by atoms with Gasteiger partial charge in [0.1, 0.15) is 0 Å². The number of rotatable bonds is 5. The summed E-state index contributed by atoms with van der Waals surface area (Å²) in [5.74, 6) is 0.570. The van der Waals surface area contributed by atoms with Gasteiger partial charge in [0.25, 0.3) is 0 Å². The van der Waals surface area contributed by atoms with Crippen LogP contribution in [0.15, 0.2) is 24.6 Å². The molecule has 0 radical (unpaired) electrons. The van der Waals surface area contributed by atoms with E-state index in [1.165, 1.54) is 14.2 Å². The highest BCUT2D eigenvalue weighted by molar-refractivity contribution is 6.66. The fourth-order valence-electron chi connectivity index (χ4n) is 0.618. The van der Waals surface area contributed by atoms with E-state index in [0.29, 0.717) is 5.76 Å². The molecule has 0 aliphatic rings. The van der Waals surface area contributed by atoms with Crippen molar-refractivity contribution in [1.82, 2.24) is 0 Å². The minimum absolute atomic E-state index is 0.570. The van der Waals surface area contributed by atoms with E-state index in [-0.39, 0.29) is 0 Å². The van der Waals surface area contributed by atoms with E-state index < -0.39 is 8.80 Å². The van der Waals surface area contributed by atoms with Crippen LogP contribution >= 0.6 is 0 Å². The summed E-state index contributed by atoms with van der Waals surface area (Å²) in [7, 11) is 0.440. The molecule has 0 saturated heterocycles. The van der Waals surface area contributed by atoms with E-state index >= 15 is 0 Å². The van der Waals surface area contributed by atoms with Crippen LogP contribution < -0.4 is 0 Å². The molecule has 0 amide bonds. The van der Waals surface area contributed by atoms with Crippen molar-refractivity contribution in [3.05, 3.63) is 24.6 Å². The largest absolute Gasteiger partial charge is 0.593 e. The van der Waals surface area contributed by atoms with Crippen molar-refractivity contribution in [2.45, 2.75) is 6.92 Å². The van der Waals surface area contributed by atoms with Crippen molar-refractivity contribution in [3.8, 4) is 0 Å². The summed E-state index contributed by atoms with van der Waals surface area (Å²) >= 11 is 0. The molecule has 64 valence electrons. The molecule has 0 atom stereocenters. The van der Waals surface area contributed by atoms with Crippen LogP contribution in [0.1, 0.15) is 6.92 Å². The minimum atomic E-state index is -2.62. The predicted molar refractivity (Wildman–Crippen MR) is 45.9 cm³/mol. The Bertz CT molecular complexity index is 152. The molecule has 4 heteroatoms. The maximum atomic E-state index is 5.27. The van der Waals surface area contributed by atoms with Crippen molar-refractivity contribution in [3.63, 3.8) is 0 Å². The van der Waals surface area contributed by atoms with Crippen LogP contribution in [-0.4, -0.2) is 23.0 Å². The quantitative estimate of drug-likeness (QED) is 0.467. The molecule has 0 saturated carbocycles. The zero-order valence-electron chi connectivity index (χ0n) is 7.22. The van der Waals surface area contributed by atoms with Gasteiger partial charge in [-0.05, 0) is 12.6 Å². The molecule has 3 nitrogen and oxygen atoms in total. The Labute approximate surface area is 68.6 Å². The Kier molecular flexibility index (Phi) is 4.10. The summed E-state index contributed by atoms with van der Waals surface area (Å²) in [5, 5.41) is 0. The first kappa shape index (κ1) is 10.4. The van der Waals surface area contributed by atoms with Gasteiger partial charge < -0.3 is 13.3 Å². The van der Waals surface area contributed by atoms with E-state index in [1.54, 1.807) is 12.6 Å². The smallest absolute Gasteiger partial charge is 0.503 e. The molecule has 0 bridgehead atoms. The van der Waals surface area contributed by atoms with Gasteiger partial charge in [0, 0.05) is 14.2 Å². The maximum absolute atomic E-state index is 5.27. The third kappa shape index (κ3) is 2.88. The standard InChI is InChI=1S/C7H14O3Si/c1-6-11(8-4,9-5)10-7(2)3/h6H,1-2H2,3-5H3. The second-order valence-corrected chi connectivity index (χ2v) is 4.66. The van der Waals surface area contributed by atoms with Gasteiger partial charge in [-0.15, -0.1) is 0 Å². The molecule has 0 N–H and O–H groups in total. The average Bonchev–Trinajstić information content (AvgIpc) is 2.00. The first-order chi connectivity index (χ1) is 5.10. The van der Waals surface area contributed by atoms with Crippen LogP contribution in [-0.2, 0) is 13.3 Å². The highest BCUT2D eigenvalue weighted by atomic mass is 28.4. The second-order valence-electron chi connectivity index (χ2n) is 2.02. The monoisotopic (exact) mass is 174 g/mol. The molecule has 0 fully saturated rings. The molecule has 0 rings (SSSR count). The van der Waals surface area contributed by atoms with Crippen molar-refractivity contribution in [1.29, 1.82) is 0 Å². The molecular weight excluding hydrogens is 160 g/mol. The number of hydrogen-bond acceptors (Lipinski definition) is 3. The number of allylic oxidation sites excluding steroid dienone is 1. The summed E-state index contributed by atoms with van der Waals surface area (Å²) in [5.41, 5.74) is 1.56. The summed E-state index contributed by atoms with van der Waals surface area (Å²) in [6, 6.07) is 0. The zero-order valence-corrected chi connectivity index (χ0v) is 8.22. The van der Waals surface area contributed by atoms with Crippen molar-refractivity contribution in [2.24, 2.45) is 0 Å². The molecule has 0 aliphatic carbocycles. The Morgan fingerprint density at radius 3 is 1.91 bits per heavy atom. The van der Waals surface area contributed by atoms with Crippen LogP contribution in [0.4, 0.5) is 0 Å². The fourth-order valence-corrected chi connectivity index (χ4v) is 1.85. The molecule has 0 aromatic heterocycles. The van der Waals surface area contributed by atoms with Gasteiger partial charge in [-0.25, -0.2) is 0 Å². The molecule has 0 heterocycles. The Morgan fingerprint density at radius 1 is 1.36 bits per heavy atom. The van der Waals surface area contributed by atoms with E-state index in [2.05, 4.69) is 13.2 Å². The first-order valence-corrected chi connectivity index (χ1v) is 4.99. The lowest BCUT2D eigenvalue weighted by Crippen LogP contribution is -2.41. The van der Waals surface area contributed by atoms with Crippen LogP contribution in [0.25, 0.3) is 0 Å². The first-order valence-electron chi connectivity index (χ1n) is 3.18. The van der Waals surface area contributed by atoms with Gasteiger partial charge in [-0.2, -0.15) is 0 Å². The molecular formula is C7H14O3Si. The highest BCUT2D eigenvalue weighted by Crippen LogP contribution is 2.11. The maximum Gasteiger partial charge on any atom is 0.593 e. The zero-order chi connectivity index (χ0) is 8.91. The average molecular weight is 174 g/mol. The van der Waals surface area contributed by atoms with Gasteiger partial charge in [0.05, 0.1) is 5.76 Å². The summed E-state index contributed by atoms with van der Waals surface area (Å²) in [4.78, 5) is 0. The van der Waals surface area contributed by atoms with Gasteiger partial charge in [0.15, 0.2) is 0 Å². The molecule has 0 spiro atoms. The van der Waals surface area contributed by atoms with E-state index in [4.69, 9.17) is 13.3 Å². The van der Waals surface area contributed by atoms with Gasteiger partial charge in [-0.3, -0.25) is 0 Å². The van der Waals surface area contributed by atoms with Crippen LogP contribution in [0.3, 0.4) is 0 Å². The molecule has 0 aromatic rings. The third-order valence-corrected chi connectivity index (χ3v) is 3.41. The van der Waals surface area contributed by atoms with Gasteiger partial charge in [0.2, 0.25) is 0 Å². The van der Waals surface area contributed by atoms with E-state index in [1.807, 2.05) is 0 Å². The molecule has 0 unspecified atom stereocenters. The third-order valence-electron chi connectivity index (χ3n) is 1.14. The summed E-state index contributed by atoms with van der Waals surface area (Å²) in [6.07, 6.45) is 0. The van der Waals surface area contributed by atoms with Crippen molar-refractivity contribution < 1.29 is 13.3 Å². The normalized spacial score (nSPS) is 10.8. The van der Waals surface area contributed by atoms with Crippen LogP contribution in [0.2, 0.25) is 0 Å². The lowest BCUT2D eigenvalue weighted by Gasteiger charge is -2.22. The highest BCUT2D eigenvalue weighted by Gasteiger charge is 2.37. The van der Waals surface area contributed by atoms with E-state index in [0.717, 1.165) is 0 Å². The Hall–Kier alpha value is -0.583. The van der Waals surface area contributed by atoms with E-state index in [9.17, 15) is 0 Å².